The smallest absolute Gasteiger partial charge is 0.243 e. The molecular weight excluding hydrogens is 362 g/mol. The number of likely N-dealkylation sites (tertiary alicyclic amines) is 1. The van der Waals surface area contributed by atoms with E-state index in [-0.39, 0.29) is 5.60 Å². The van der Waals surface area contributed by atoms with E-state index >= 15 is 0 Å². The van der Waals surface area contributed by atoms with Gasteiger partial charge < -0.3 is 15.4 Å². The first-order chi connectivity index (χ1) is 12.0. The molecule has 6 nitrogen and oxygen atoms in total. The lowest BCUT2D eigenvalue weighted by Gasteiger charge is -2.45. The van der Waals surface area contributed by atoms with Crippen LogP contribution < -0.4 is 5.73 Å². The highest BCUT2D eigenvalue weighted by atomic mass is 35.5. The topological polar surface area (TPSA) is 85.0 Å². The van der Waals surface area contributed by atoms with Crippen LogP contribution in [-0.2, 0) is 9.53 Å². The summed E-state index contributed by atoms with van der Waals surface area (Å²) < 4.78 is 9.89. The van der Waals surface area contributed by atoms with E-state index in [4.69, 9.17) is 22.2 Å². The highest BCUT2D eigenvalue weighted by molar-refractivity contribution is 8.04. The van der Waals surface area contributed by atoms with E-state index in [1.54, 1.807) is 12.1 Å². The number of nitrogens with zero attached hydrogens (tertiary/aromatic N) is 2. The van der Waals surface area contributed by atoms with Crippen LogP contribution >= 0.6 is 23.5 Å². The quantitative estimate of drug-likeness (QED) is 0.424. The third-order valence-electron chi connectivity index (χ3n) is 4.92. The molecule has 1 spiro atoms. The van der Waals surface area contributed by atoms with E-state index in [0.717, 1.165) is 12.8 Å². The number of guanidine groups is 1. The van der Waals surface area contributed by atoms with Crippen LogP contribution in [0.3, 0.4) is 0 Å². The number of halogens is 1. The number of benzene rings is 1. The predicted molar refractivity (Wildman–Crippen MR) is 97.3 cm³/mol. The molecule has 0 radical (unpaired) electrons. The van der Waals surface area contributed by atoms with E-state index in [2.05, 4.69) is 4.51 Å². The van der Waals surface area contributed by atoms with E-state index in [1.165, 1.54) is 11.8 Å². The lowest BCUT2D eigenvalue weighted by molar-refractivity contribution is -0.111. The summed E-state index contributed by atoms with van der Waals surface area (Å²) in [6, 6.07) is 7.12. The Morgan fingerprint density at radius 2 is 1.88 bits per heavy atom. The maximum atomic E-state index is 12.4. The number of allylic oxidation sites excluding steroid dienone is 1. The van der Waals surface area contributed by atoms with Gasteiger partial charge in [-0.1, -0.05) is 24.3 Å². The Morgan fingerprint density at radius 1 is 1.20 bits per heavy atom. The Labute approximate surface area is 154 Å². The average molecular weight is 378 g/mol. The number of thioether (sulfide) groups is 1. The first-order valence-electron chi connectivity index (χ1n) is 7.98. The Morgan fingerprint density at radius 3 is 2.56 bits per heavy atom. The molecule has 25 heavy (non-hydrogen) atoms. The second-order valence-corrected chi connectivity index (χ2v) is 7.52. The van der Waals surface area contributed by atoms with Gasteiger partial charge in [-0.3, -0.25) is 9.59 Å². The number of carbonyl (C=O) groups excluding carboxylic acids is 2. The zero-order chi connectivity index (χ0) is 17.6. The number of fused-ring (bicyclic) bond motifs is 2. The van der Waals surface area contributed by atoms with Gasteiger partial charge in [-0.2, -0.15) is 0 Å². The maximum absolute atomic E-state index is 12.4. The van der Waals surface area contributed by atoms with Crippen molar-refractivity contribution in [2.24, 2.45) is 10.2 Å². The zero-order valence-corrected chi connectivity index (χ0v) is 14.9. The molecule has 3 aliphatic rings. The summed E-state index contributed by atoms with van der Waals surface area (Å²) in [5, 5.41) is 0. The molecule has 1 aromatic rings. The second kappa shape index (κ2) is 6.07. The van der Waals surface area contributed by atoms with Gasteiger partial charge in [-0.05, 0) is 0 Å². The molecule has 2 N–H and O–H groups in total. The lowest BCUT2D eigenvalue weighted by Crippen LogP contribution is -2.52. The van der Waals surface area contributed by atoms with Gasteiger partial charge >= 0.3 is 0 Å². The highest BCUT2D eigenvalue weighted by Gasteiger charge is 2.46. The Balaban J connectivity index is 1.65. The normalized spacial score (nSPS) is 22.6. The van der Waals surface area contributed by atoms with Crippen LogP contribution in [0.1, 0.15) is 28.8 Å². The molecule has 8 heteroatoms. The largest absolute Gasteiger partial charge is 0.484 e. The first kappa shape index (κ1) is 16.5. The minimum atomic E-state index is -0.468. The summed E-state index contributed by atoms with van der Waals surface area (Å²) in [7, 11) is 0. The molecule has 0 bridgehead atoms. The molecule has 0 amide bonds. The number of hydrogen-bond acceptors (Lipinski definition) is 5. The lowest BCUT2D eigenvalue weighted by atomic mass is 9.90. The molecular formula is C17H16ClN3O3S. The first-order valence-corrected chi connectivity index (χ1v) is 9.31. The van der Waals surface area contributed by atoms with Gasteiger partial charge in [0.05, 0.1) is 0 Å². The SMILES string of the molecule is NC(=NCl)N1CCC2(CC1)CSC1=C(O2)c2ccccc2C(=O)C1=O. The predicted octanol–water partition coefficient (Wildman–Crippen LogP) is 2.19. The van der Waals surface area contributed by atoms with Crippen molar-refractivity contribution in [3.8, 4) is 0 Å². The Bertz CT molecular complexity index is 828. The zero-order valence-electron chi connectivity index (χ0n) is 13.3. The summed E-state index contributed by atoms with van der Waals surface area (Å²) >= 11 is 6.87. The van der Waals surface area contributed by atoms with Crippen molar-refractivity contribution in [3.05, 3.63) is 40.3 Å². The molecule has 0 atom stereocenters. The number of nitrogens with two attached hydrogens (primary N) is 1. The summed E-state index contributed by atoms with van der Waals surface area (Å²) in [6.07, 6.45) is 1.49. The monoisotopic (exact) mass is 377 g/mol. The second-order valence-electron chi connectivity index (χ2n) is 6.37. The highest BCUT2D eigenvalue weighted by Crippen LogP contribution is 2.47. The molecule has 1 aromatic carbocycles. The van der Waals surface area contributed by atoms with Crippen molar-refractivity contribution >= 4 is 46.8 Å². The standard InChI is InChI=1S/C17H16ClN3O3S/c18-20-16(19)21-7-5-17(6-8-21)9-25-15-13(23)12(22)10-3-1-2-4-11(10)14(15)24-17/h1-4H,5-9H2,(H2,19,20). The molecule has 0 unspecified atom stereocenters. The average Bonchev–Trinajstić information content (AvgIpc) is 2.66. The molecule has 4 rings (SSSR count). The van der Waals surface area contributed by atoms with Crippen molar-refractivity contribution in [1.82, 2.24) is 4.90 Å². The Hall–Kier alpha value is -1.99. The fourth-order valence-electron chi connectivity index (χ4n) is 3.46. The van der Waals surface area contributed by atoms with Crippen LogP contribution in [0.4, 0.5) is 0 Å². The van der Waals surface area contributed by atoms with Crippen LogP contribution in [0, 0.1) is 0 Å². The van der Waals surface area contributed by atoms with E-state index in [9.17, 15) is 9.59 Å². The summed E-state index contributed by atoms with van der Waals surface area (Å²) in [5.41, 5.74) is 6.52. The number of piperidine rings is 1. The number of ketones is 2. The fourth-order valence-corrected chi connectivity index (χ4v) is 4.82. The molecule has 0 saturated carbocycles. The van der Waals surface area contributed by atoms with Crippen molar-refractivity contribution < 1.29 is 14.3 Å². The van der Waals surface area contributed by atoms with Crippen LogP contribution in [0.5, 0.6) is 0 Å². The summed E-state index contributed by atoms with van der Waals surface area (Å²) in [5.74, 6) is 0.568. The third-order valence-corrected chi connectivity index (χ3v) is 6.42. The van der Waals surface area contributed by atoms with Gasteiger partial charge in [0, 0.05) is 54.6 Å². The van der Waals surface area contributed by atoms with Crippen molar-refractivity contribution in [2.45, 2.75) is 18.4 Å². The number of carbonyl (C=O) groups is 2. The third kappa shape index (κ3) is 2.62. The van der Waals surface area contributed by atoms with Crippen molar-refractivity contribution in [2.75, 3.05) is 18.8 Å². The van der Waals surface area contributed by atoms with E-state index in [1.807, 2.05) is 17.0 Å². The van der Waals surface area contributed by atoms with Gasteiger partial charge in [-0.25, -0.2) is 0 Å². The van der Waals surface area contributed by atoms with Gasteiger partial charge in [0.2, 0.25) is 17.5 Å². The number of hydrogen-bond donors (Lipinski definition) is 1. The van der Waals surface area contributed by atoms with Crippen LogP contribution in [0.15, 0.2) is 33.7 Å². The minimum absolute atomic E-state index is 0.309. The fraction of sp³-hybridized carbons (Fsp3) is 0.353. The molecule has 0 aromatic heterocycles. The number of Topliss-reactive ketones (excluding diaryl/α,β-unsaturated/α-hetero) is 2. The van der Waals surface area contributed by atoms with E-state index in [0.29, 0.717) is 46.6 Å². The Kier molecular flexibility index (Phi) is 4.00. The van der Waals surface area contributed by atoms with Crippen LogP contribution in [0.25, 0.3) is 5.76 Å². The van der Waals surface area contributed by atoms with Gasteiger partial charge in [0.25, 0.3) is 0 Å². The molecule has 2 heterocycles. The molecule has 2 aliphatic heterocycles. The molecule has 1 aliphatic carbocycles. The summed E-state index contributed by atoms with van der Waals surface area (Å²) in [4.78, 5) is 27.0. The van der Waals surface area contributed by atoms with Gasteiger partial charge in [0.15, 0.2) is 0 Å². The molecule has 130 valence electrons. The number of rotatable bonds is 0. The van der Waals surface area contributed by atoms with Gasteiger partial charge in [0.1, 0.15) is 16.3 Å². The summed E-state index contributed by atoms with van der Waals surface area (Å²) in [6.45, 7) is 1.36. The van der Waals surface area contributed by atoms with E-state index < -0.39 is 11.6 Å². The van der Waals surface area contributed by atoms with Crippen molar-refractivity contribution in [3.63, 3.8) is 0 Å². The maximum Gasteiger partial charge on any atom is 0.243 e. The van der Waals surface area contributed by atoms with Crippen molar-refractivity contribution in [1.29, 1.82) is 0 Å². The van der Waals surface area contributed by atoms with Gasteiger partial charge in [-0.15, -0.1) is 16.3 Å². The minimum Gasteiger partial charge on any atom is -0.484 e. The number of ether oxygens (including phenoxy) is 1. The molecule has 1 saturated heterocycles. The van der Waals surface area contributed by atoms with Crippen LogP contribution in [-0.4, -0.2) is 46.9 Å². The molecule has 1 fully saturated rings. The van der Waals surface area contributed by atoms with Crippen LogP contribution in [0.2, 0.25) is 0 Å².